The monoisotopic (exact) mass is 1710 g/mol. The molecule has 22 heteroatoms. The number of benzene rings is 4. The van der Waals surface area contributed by atoms with Crippen molar-refractivity contribution in [3.63, 3.8) is 0 Å². The highest BCUT2D eigenvalue weighted by Gasteiger charge is 2.49. The molecule has 16 nitrogen and oxygen atoms in total. The van der Waals surface area contributed by atoms with Crippen LogP contribution in [0.25, 0.3) is 49.2 Å². The van der Waals surface area contributed by atoms with Gasteiger partial charge in [-0.05, 0) is 341 Å². The van der Waals surface area contributed by atoms with Crippen molar-refractivity contribution in [2.24, 2.45) is 59.2 Å². The largest absolute Gasteiger partial charge is 0.299 e. The Hall–Kier alpha value is -11.3. The molecular formula is C103H98Cl2F4N12O4. The standard InChI is InChI=1S/C26H27ClFN3O.C26H24FN3O.C26H22FN3O.C25H25ClFN3O/c1-26(2,25(32)12-21-5-3-19(27)13-30-21)31-14-17-9-16(10-18(17)15-31)22-7-8-29-24-6-4-20(28)11-23(22)24;27-21-2-4-26-25(12-21)24(5-6-29-26)20-10-18-7-17(8-19(18)11-20)9-23(31)13-22-3-1-16(14-28)15-30-22;27-21-2-4-26-25(13-21)24(5-6-29-26)20-11-18-7-17(8-19(18)12-20)10-23(31)9-16-1-3-22(14-28)30-15-16;1-15(25(31)11-21-4-2-19(26)12-29-21)30-13-17-8-16(9-18(17)14-30)22-6-7-28-24-5-3-20(27)10-23(22)24/h3-8,11,13,16-18H,9-10,12,14-15H2,1-2H3;1-6,12,15,17-20H,7-11,13H2;1-6,11,13,15,17-19H,7-10,12H2;2-7,10,12,15-18H,8-9,11,13-14H2,1H3/t16?,17-,18+;17?,18-,19+,20?;17-,18-,19+;15?,16?,17-,18+/m..0./s1. The normalized spacial score (nSPS) is 23.7. The SMILES string of the molecule is CC(C(=O)Cc1ccc(Cl)cn1)N1C[C@H]2CC(c3ccnc4ccc(F)cc34)C[C@H]2C1.CC(C)(C(=O)Cc1ccc(Cl)cn1)N1C[C@H]2CC(c3ccnc4ccc(F)cc34)C[C@H]2C1.N#Cc1ccc(CC(=O)CC2C[C@@H]3CC(c4ccnc5ccc(F)cc45)C[C@@H]3C2)nc1.N#Cc1ccc(CC(=O)C[C@@H]2C[C@@H]3CC(c4ccnc5ccc(F)cc45)=C[C@@H]3C2)cn1. The number of hydrogen-bond acceptors (Lipinski definition) is 16. The van der Waals surface area contributed by atoms with Crippen molar-refractivity contribution >= 4 is 95.5 Å². The molecule has 0 radical (unpaired) electrons. The molecule has 10 heterocycles. The number of carbonyl (C=O) groups excluding carboxylic acids is 4. The highest BCUT2D eigenvalue weighted by molar-refractivity contribution is 6.30. The van der Waals surface area contributed by atoms with Gasteiger partial charge in [-0.2, -0.15) is 10.5 Å². The number of allylic oxidation sites excluding steroid dienone is 2. The fraction of sp³-hybridized carbons (Fsp3) is 0.379. The lowest BCUT2D eigenvalue weighted by molar-refractivity contribution is -0.128. The van der Waals surface area contributed by atoms with Crippen LogP contribution in [0.5, 0.6) is 0 Å². The van der Waals surface area contributed by atoms with Crippen LogP contribution < -0.4 is 0 Å². The van der Waals surface area contributed by atoms with Crippen molar-refractivity contribution in [1.82, 2.24) is 49.7 Å². The number of fused-ring (bicyclic) bond motifs is 8. The van der Waals surface area contributed by atoms with Gasteiger partial charge in [0.15, 0.2) is 11.6 Å². The first kappa shape index (κ1) is 85.9. The summed E-state index contributed by atoms with van der Waals surface area (Å²) in [6.07, 6.45) is 30.3. The molecule has 0 spiro atoms. The van der Waals surface area contributed by atoms with Crippen LogP contribution in [-0.2, 0) is 44.9 Å². The molecule has 6 aliphatic carbocycles. The van der Waals surface area contributed by atoms with Crippen LogP contribution in [0.1, 0.15) is 178 Å². The molecule has 636 valence electrons. The number of ketones is 4. The third-order valence-electron chi connectivity index (χ3n) is 28.4. The summed E-state index contributed by atoms with van der Waals surface area (Å²) in [5.41, 5.74) is 12.8. The van der Waals surface area contributed by atoms with E-state index in [1.165, 1.54) is 52.7 Å². The van der Waals surface area contributed by atoms with E-state index >= 15 is 0 Å². The number of pyridine rings is 8. The van der Waals surface area contributed by atoms with Gasteiger partial charge in [-0.1, -0.05) is 35.3 Å². The molecule has 20 rings (SSSR count). The molecule has 7 fully saturated rings. The summed E-state index contributed by atoms with van der Waals surface area (Å²) in [5.74, 6) is 6.70. The molecule has 2 aliphatic heterocycles. The highest BCUT2D eigenvalue weighted by Crippen LogP contribution is 2.56. The zero-order chi connectivity index (χ0) is 86.7. The van der Waals surface area contributed by atoms with Crippen molar-refractivity contribution in [2.45, 2.75) is 159 Å². The summed E-state index contributed by atoms with van der Waals surface area (Å²) < 4.78 is 55.4. The number of nitrogens with zero attached hydrogens (tertiary/aromatic N) is 12. The van der Waals surface area contributed by atoms with Crippen LogP contribution in [0.15, 0.2) is 201 Å². The van der Waals surface area contributed by atoms with E-state index in [0.717, 1.165) is 169 Å². The van der Waals surface area contributed by atoms with E-state index in [0.29, 0.717) is 137 Å². The lowest BCUT2D eigenvalue weighted by Gasteiger charge is -2.35. The van der Waals surface area contributed by atoms with Gasteiger partial charge in [0.25, 0.3) is 0 Å². The van der Waals surface area contributed by atoms with Gasteiger partial charge in [-0.3, -0.25) is 63.9 Å². The second-order valence-electron chi connectivity index (χ2n) is 36.7. The zero-order valence-electron chi connectivity index (χ0n) is 70.3. The molecule has 8 aliphatic rings. The van der Waals surface area contributed by atoms with E-state index in [2.05, 4.69) is 73.9 Å². The van der Waals surface area contributed by atoms with Crippen LogP contribution in [0.2, 0.25) is 10.0 Å². The van der Waals surface area contributed by atoms with E-state index in [-0.39, 0.29) is 52.4 Å². The van der Waals surface area contributed by atoms with Gasteiger partial charge in [0.1, 0.15) is 52.7 Å². The number of nitriles is 2. The number of hydrogen-bond donors (Lipinski definition) is 0. The number of aromatic nitrogens is 8. The van der Waals surface area contributed by atoms with Crippen LogP contribution in [0, 0.1) is 105 Å². The molecule has 12 aromatic rings. The minimum absolute atomic E-state index is 0.114. The van der Waals surface area contributed by atoms with Crippen molar-refractivity contribution in [3.05, 3.63) is 291 Å². The fourth-order valence-electron chi connectivity index (χ4n) is 22.2. The van der Waals surface area contributed by atoms with Crippen LogP contribution in [0.4, 0.5) is 17.6 Å². The lowest BCUT2D eigenvalue weighted by atomic mass is 9.89. The second kappa shape index (κ2) is 37.5. The maximum atomic E-state index is 13.9. The molecule has 4 aromatic carbocycles. The lowest BCUT2D eigenvalue weighted by Crippen LogP contribution is -2.50. The Kier molecular flexibility index (Phi) is 25.8. The first-order valence-electron chi connectivity index (χ1n) is 43.8. The van der Waals surface area contributed by atoms with E-state index in [4.69, 9.17) is 33.7 Å². The van der Waals surface area contributed by atoms with Gasteiger partial charge in [0.05, 0.1) is 62.1 Å². The minimum atomic E-state index is -0.534. The van der Waals surface area contributed by atoms with Crippen molar-refractivity contribution in [2.75, 3.05) is 26.2 Å². The van der Waals surface area contributed by atoms with E-state index in [1.54, 1.807) is 104 Å². The highest BCUT2D eigenvalue weighted by atomic mass is 35.5. The third-order valence-corrected chi connectivity index (χ3v) is 28.9. The fourth-order valence-corrected chi connectivity index (χ4v) is 22.4. The first-order valence-corrected chi connectivity index (χ1v) is 44.6. The van der Waals surface area contributed by atoms with E-state index < -0.39 is 5.54 Å². The third kappa shape index (κ3) is 19.7. The smallest absolute Gasteiger partial charge is 0.158 e. The van der Waals surface area contributed by atoms with Crippen LogP contribution in [0.3, 0.4) is 0 Å². The van der Waals surface area contributed by atoms with Gasteiger partial charge in [0.2, 0.25) is 0 Å². The van der Waals surface area contributed by atoms with Gasteiger partial charge in [-0.25, -0.2) is 22.5 Å². The topological polar surface area (TPSA) is 225 Å². The Labute approximate surface area is 735 Å². The molecular weight excluding hydrogens is 1620 g/mol. The van der Waals surface area contributed by atoms with Crippen LogP contribution in [-0.4, -0.2) is 111 Å². The van der Waals surface area contributed by atoms with Crippen LogP contribution >= 0.6 is 23.2 Å². The van der Waals surface area contributed by atoms with E-state index in [1.807, 2.05) is 75.8 Å². The number of carbonyl (C=O) groups is 4. The molecule has 8 aromatic heterocycles. The summed E-state index contributed by atoms with van der Waals surface area (Å²) in [5, 5.41) is 22.5. The molecule has 0 N–H and O–H groups in total. The van der Waals surface area contributed by atoms with E-state index in [9.17, 15) is 36.7 Å². The van der Waals surface area contributed by atoms with Crippen molar-refractivity contribution < 1.29 is 36.7 Å². The Morgan fingerprint density at radius 1 is 0.448 bits per heavy atom. The number of Topliss-reactive ketones (excluding diaryl/α,β-unsaturated/α-hetero) is 4. The Morgan fingerprint density at radius 3 is 1.37 bits per heavy atom. The predicted octanol–water partition coefficient (Wildman–Crippen LogP) is 21.1. The molecule has 5 unspecified atom stereocenters. The first-order chi connectivity index (χ1) is 60.5. The molecule has 14 atom stereocenters. The number of likely N-dealkylation sites (tertiary alicyclic amines) is 2. The molecule has 0 amide bonds. The van der Waals surface area contributed by atoms with Gasteiger partial charge in [0, 0.05) is 140 Å². The number of halogens is 6. The average Bonchev–Trinajstić information content (AvgIpc) is 1.62. The Balaban J connectivity index is 0.000000118. The van der Waals surface area contributed by atoms with Crippen molar-refractivity contribution in [3.8, 4) is 12.1 Å². The predicted molar refractivity (Wildman–Crippen MR) is 476 cm³/mol. The number of rotatable bonds is 20. The zero-order valence-corrected chi connectivity index (χ0v) is 71.8. The summed E-state index contributed by atoms with van der Waals surface area (Å²) >= 11 is 11.8. The summed E-state index contributed by atoms with van der Waals surface area (Å²) in [4.78, 5) is 90.1. The molecule has 0 bridgehead atoms. The minimum Gasteiger partial charge on any atom is -0.299 e. The molecule has 125 heavy (non-hydrogen) atoms. The average molecular weight is 1710 g/mol. The Morgan fingerprint density at radius 2 is 0.896 bits per heavy atom. The molecule has 2 saturated heterocycles. The van der Waals surface area contributed by atoms with Gasteiger partial charge >= 0.3 is 0 Å². The summed E-state index contributed by atoms with van der Waals surface area (Å²) in [6, 6.07) is 45.5. The maximum Gasteiger partial charge on any atom is 0.158 e. The quantitative estimate of drug-likeness (QED) is 0.0647. The second-order valence-corrected chi connectivity index (χ2v) is 37.6. The Bertz CT molecular complexity index is 6130. The van der Waals surface area contributed by atoms with Gasteiger partial charge < -0.3 is 0 Å². The summed E-state index contributed by atoms with van der Waals surface area (Å²) in [7, 11) is 0. The molecule has 5 saturated carbocycles. The summed E-state index contributed by atoms with van der Waals surface area (Å²) in [6.45, 7) is 9.80. The maximum absolute atomic E-state index is 13.9. The van der Waals surface area contributed by atoms with Crippen molar-refractivity contribution in [1.29, 1.82) is 10.5 Å². The van der Waals surface area contributed by atoms with Gasteiger partial charge in [-0.15, -0.1) is 0 Å².